The lowest BCUT2D eigenvalue weighted by Gasteiger charge is -2.34. The van der Waals surface area contributed by atoms with Crippen molar-refractivity contribution in [3.63, 3.8) is 0 Å². The van der Waals surface area contributed by atoms with Crippen LogP contribution in [0.5, 0.6) is 0 Å². The molecular formula is C44H39BrF2N8O6. The number of aliphatic hydroxyl groups is 2. The summed E-state index contributed by atoms with van der Waals surface area (Å²) < 4.78 is 42.8. The third-order valence-corrected chi connectivity index (χ3v) is 12.2. The van der Waals surface area contributed by atoms with Crippen molar-refractivity contribution in [1.82, 2.24) is 29.4 Å². The number of rotatable bonds is 4. The van der Waals surface area contributed by atoms with Crippen molar-refractivity contribution in [3.8, 4) is 47.0 Å². The molecule has 6 aromatic rings. The van der Waals surface area contributed by atoms with E-state index in [0.717, 1.165) is 47.9 Å². The Labute approximate surface area is 356 Å². The smallest absolute Gasteiger partial charge is 0.268 e. The zero-order valence-electron chi connectivity index (χ0n) is 33.3. The van der Waals surface area contributed by atoms with Gasteiger partial charge in [0.2, 0.25) is 0 Å². The molecule has 2 aromatic carbocycles. The quantitative estimate of drug-likeness (QED) is 0.140. The standard InChI is InChI=1S/C22H19FN4O3.C14H11BrFN3O.C8H9NO2/c1-11-5-19(26-30-11)22(2,29)4-3-12-8-16-15(9-17(12)23)13-6-14(7-13)27-10-18(20(24)28)25-21(16)27;15-10-3-9-8(4-11(10)16)6-1-7(2-6)19-5-12(13(17)20)18-14(9)19;1-4-8(3,10)7-5-6(2)11-9-7/h5,8-10,13-14,29H,6-7H2,1-2H3,(H2,24,28);3-7H,1-2H2,(H2,17,20);1,5,10H,2-3H3/t13?,14?,22-;;8-/m1.1/s1. The molecule has 4 aromatic heterocycles. The Balaban J connectivity index is 0.000000142. The number of aryl methyl sites for hydroxylation is 2. The summed E-state index contributed by atoms with van der Waals surface area (Å²) >= 11 is 3.22. The van der Waals surface area contributed by atoms with Crippen LogP contribution in [0.25, 0.3) is 22.8 Å². The highest BCUT2D eigenvalue weighted by molar-refractivity contribution is 9.10. The summed E-state index contributed by atoms with van der Waals surface area (Å²) in [6.07, 6.45) is 12.1. The SMILES string of the molecule is C#C[C@@](C)(O)c1cc(C)on1.Cc1cc([C@](C)(O)C#Cc2cc3c(cc2F)C2CC(C2)n2cc(C(N)=O)nc2-3)no1.NC(=O)c1cn2c(n1)-c1cc(Br)c(F)cc1C1CC2C1. The number of amides is 2. The van der Waals surface area contributed by atoms with Gasteiger partial charge in [0.15, 0.2) is 11.2 Å². The monoisotopic (exact) mass is 892 g/mol. The van der Waals surface area contributed by atoms with Crippen molar-refractivity contribution in [2.24, 2.45) is 11.5 Å². The molecule has 2 saturated carbocycles. The molecule has 312 valence electrons. The molecule has 2 fully saturated rings. The Morgan fingerprint density at radius 3 is 1.69 bits per heavy atom. The van der Waals surface area contributed by atoms with E-state index in [0.29, 0.717) is 45.3 Å². The van der Waals surface area contributed by atoms with Gasteiger partial charge in [-0.3, -0.25) is 9.59 Å². The van der Waals surface area contributed by atoms with Crippen LogP contribution >= 0.6 is 15.9 Å². The van der Waals surface area contributed by atoms with Crippen LogP contribution in [-0.2, 0) is 11.2 Å². The summed E-state index contributed by atoms with van der Waals surface area (Å²) in [5, 5.41) is 27.5. The van der Waals surface area contributed by atoms with E-state index >= 15 is 0 Å². The van der Waals surface area contributed by atoms with Gasteiger partial charge in [-0.15, -0.1) is 6.42 Å². The molecule has 0 saturated heterocycles. The van der Waals surface area contributed by atoms with Crippen molar-refractivity contribution in [2.45, 2.75) is 88.5 Å². The highest BCUT2D eigenvalue weighted by Gasteiger charge is 2.41. The molecule has 17 heteroatoms. The lowest BCUT2D eigenvalue weighted by atomic mass is 9.75. The fraction of sp³-hybridized carbons (Fsp3) is 0.318. The Morgan fingerprint density at radius 1 is 0.787 bits per heavy atom. The molecule has 4 aliphatic heterocycles. The second-order valence-electron chi connectivity index (χ2n) is 16.0. The highest BCUT2D eigenvalue weighted by atomic mass is 79.9. The van der Waals surface area contributed by atoms with Gasteiger partial charge in [0.25, 0.3) is 11.8 Å². The average Bonchev–Trinajstić information content (AvgIpc) is 3.97. The minimum absolute atomic E-state index is 0.128. The number of hydrogen-bond acceptors (Lipinski definition) is 10. The first kappa shape index (κ1) is 41.3. The normalized spacial score (nSPS) is 20.3. The van der Waals surface area contributed by atoms with Gasteiger partial charge in [0.1, 0.15) is 57.6 Å². The van der Waals surface area contributed by atoms with E-state index in [1.54, 1.807) is 56.6 Å². The second-order valence-corrected chi connectivity index (χ2v) is 16.9. The molecular weight excluding hydrogens is 854 g/mol. The van der Waals surface area contributed by atoms with E-state index < -0.39 is 28.8 Å². The maximum atomic E-state index is 14.9. The lowest BCUT2D eigenvalue weighted by Crippen LogP contribution is -2.22. The number of terminal acetylenes is 1. The topological polar surface area (TPSA) is 214 Å². The Kier molecular flexibility index (Phi) is 10.3. The first-order chi connectivity index (χ1) is 28.8. The zero-order chi connectivity index (χ0) is 43.7. The largest absolute Gasteiger partial charge is 0.372 e. The number of hydrogen-bond donors (Lipinski definition) is 4. The number of aromatic nitrogens is 6. The van der Waals surface area contributed by atoms with Gasteiger partial charge in [0.05, 0.1) is 10.0 Å². The summed E-state index contributed by atoms with van der Waals surface area (Å²) in [6, 6.07) is 10.2. The molecule has 61 heavy (non-hydrogen) atoms. The van der Waals surface area contributed by atoms with Gasteiger partial charge < -0.3 is 39.9 Å². The molecule has 2 atom stereocenters. The van der Waals surface area contributed by atoms with Gasteiger partial charge in [-0.1, -0.05) is 28.1 Å². The van der Waals surface area contributed by atoms with Crippen LogP contribution in [0.1, 0.15) is 124 Å². The second kappa shape index (κ2) is 15.3. The number of nitrogens with two attached hydrogens (primary N) is 2. The summed E-state index contributed by atoms with van der Waals surface area (Å²) in [5.41, 5.74) is 12.4. The van der Waals surface area contributed by atoms with E-state index in [1.165, 1.54) is 19.9 Å². The Morgan fingerprint density at radius 2 is 1.25 bits per heavy atom. The van der Waals surface area contributed by atoms with Crippen molar-refractivity contribution in [3.05, 3.63) is 116 Å². The predicted octanol–water partition coefficient (Wildman–Crippen LogP) is 6.58. The van der Waals surface area contributed by atoms with Crippen LogP contribution < -0.4 is 11.5 Å². The minimum Gasteiger partial charge on any atom is -0.372 e. The first-order valence-electron chi connectivity index (χ1n) is 19.3. The number of halogens is 3. The number of nitrogens with zero attached hydrogens (tertiary/aromatic N) is 6. The van der Waals surface area contributed by atoms with E-state index in [9.17, 15) is 28.6 Å². The molecule has 2 amide bonds. The number of imidazole rings is 2. The maximum absolute atomic E-state index is 14.9. The Hall–Kier alpha value is -6.40. The Bertz CT molecular complexity index is 2860. The summed E-state index contributed by atoms with van der Waals surface area (Å²) in [5.74, 6) is 8.83. The fourth-order valence-corrected chi connectivity index (χ4v) is 8.29. The van der Waals surface area contributed by atoms with E-state index in [2.05, 4.69) is 54.0 Å². The molecule has 2 aliphatic carbocycles. The van der Waals surface area contributed by atoms with E-state index in [4.69, 9.17) is 26.9 Å². The van der Waals surface area contributed by atoms with Crippen molar-refractivity contribution in [2.75, 3.05) is 0 Å². The van der Waals surface area contributed by atoms with Crippen LogP contribution in [0.15, 0.2) is 62.3 Å². The molecule has 4 bridgehead atoms. The molecule has 6 aliphatic rings. The molecule has 14 nitrogen and oxygen atoms in total. The third kappa shape index (κ3) is 7.65. The van der Waals surface area contributed by atoms with E-state index in [-0.39, 0.29) is 40.4 Å². The van der Waals surface area contributed by atoms with Crippen LogP contribution in [0.2, 0.25) is 0 Å². The number of carbonyl (C=O) groups excluding carboxylic acids is 2. The molecule has 6 N–H and O–H groups in total. The van der Waals surface area contributed by atoms with Crippen molar-refractivity contribution < 1.29 is 37.6 Å². The van der Waals surface area contributed by atoms with Gasteiger partial charge in [-0.2, -0.15) is 0 Å². The summed E-state index contributed by atoms with van der Waals surface area (Å²) in [6.45, 7) is 6.41. The van der Waals surface area contributed by atoms with Crippen molar-refractivity contribution >= 4 is 27.7 Å². The van der Waals surface area contributed by atoms with Gasteiger partial charge in [0, 0.05) is 47.7 Å². The fourth-order valence-electron chi connectivity index (χ4n) is 7.95. The molecule has 0 unspecified atom stereocenters. The van der Waals surface area contributed by atoms with Crippen LogP contribution in [0, 0.1) is 49.7 Å². The molecule has 12 rings (SSSR count). The van der Waals surface area contributed by atoms with E-state index in [1.807, 2.05) is 9.13 Å². The van der Waals surface area contributed by atoms with Crippen LogP contribution in [-0.4, -0.2) is 51.4 Å². The maximum Gasteiger partial charge on any atom is 0.268 e. The van der Waals surface area contributed by atoms with Crippen LogP contribution in [0.3, 0.4) is 0 Å². The lowest BCUT2D eigenvalue weighted by molar-refractivity contribution is 0.0987. The molecule has 8 heterocycles. The third-order valence-electron chi connectivity index (χ3n) is 11.6. The molecule has 0 spiro atoms. The number of carbonyl (C=O) groups is 2. The van der Waals surface area contributed by atoms with Crippen molar-refractivity contribution in [1.29, 1.82) is 0 Å². The number of primary amides is 2. The zero-order valence-corrected chi connectivity index (χ0v) is 34.9. The summed E-state index contributed by atoms with van der Waals surface area (Å²) in [4.78, 5) is 31.7. The highest BCUT2D eigenvalue weighted by Crippen LogP contribution is 2.53. The minimum atomic E-state index is -1.60. The van der Waals surface area contributed by atoms with Gasteiger partial charge in [-0.25, -0.2) is 18.7 Å². The van der Waals surface area contributed by atoms with Gasteiger partial charge in [-0.05, 0) is 117 Å². The molecule has 0 radical (unpaired) electrons. The first-order valence-corrected chi connectivity index (χ1v) is 20.1. The summed E-state index contributed by atoms with van der Waals surface area (Å²) in [7, 11) is 0. The number of benzene rings is 2. The average molecular weight is 894 g/mol. The predicted molar refractivity (Wildman–Crippen MR) is 219 cm³/mol. The van der Waals surface area contributed by atoms with Gasteiger partial charge >= 0.3 is 0 Å². The van der Waals surface area contributed by atoms with Crippen LogP contribution in [0.4, 0.5) is 8.78 Å².